The van der Waals surface area contributed by atoms with Crippen LogP contribution in [0.4, 0.5) is 0 Å². The van der Waals surface area contributed by atoms with Gasteiger partial charge in [-0.05, 0) is 7.05 Å². The van der Waals surface area contributed by atoms with E-state index in [1.807, 2.05) is 18.7 Å². The summed E-state index contributed by atoms with van der Waals surface area (Å²) in [6.07, 6.45) is 1.96. The van der Waals surface area contributed by atoms with Gasteiger partial charge in [0.15, 0.2) is 0 Å². The van der Waals surface area contributed by atoms with E-state index in [-0.39, 0.29) is 6.10 Å². The van der Waals surface area contributed by atoms with Gasteiger partial charge in [0.1, 0.15) is 11.0 Å². The number of hydrogen-bond donors (Lipinski definition) is 1. The molecule has 1 aromatic rings. The molecule has 17 heavy (non-hydrogen) atoms. The van der Waals surface area contributed by atoms with Gasteiger partial charge < -0.3 is 14.6 Å². The third-order valence-corrected chi connectivity index (χ3v) is 3.40. The molecule has 1 saturated heterocycles. The number of nitrogens with one attached hydrogen (secondary N) is 1. The average molecular weight is 259 g/mol. The SMILES string of the molecule is CNCC1CN(Cc2ncc(Cl)n2C)CCO1. The van der Waals surface area contributed by atoms with Crippen molar-refractivity contribution in [2.24, 2.45) is 7.05 Å². The molecule has 0 amide bonds. The van der Waals surface area contributed by atoms with E-state index in [1.165, 1.54) is 0 Å². The van der Waals surface area contributed by atoms with E-state index >= 15 is 0 Å². The lowest BCUT2D eigenvalue weighted by atomic mass is 10.2. The normalized spacial score (nSPS) is 21.9. The first-order valence-corrected chi connectivity index (χ1v) is 6.23. The molecule has 1 atom stereocenters. The summed E-state index contributed by atoms with van der Waals surface area (Å²) in [5, 5.41) is 3.82. The van der Waals surface area contributed by atoms with Crippen LogP contribution >= 0.6 is 11.6 Å². The van der Waals surface area contributed by atoms with Gasteiger partial charge in [0.2, 0.25) is 0 Å². The maximum atomic E-state index is 5.97. The predicted molar refractivity (Wildman–Crippen MR) is 67.2 cm³/mol. The maximum absolute atomic E-state index is 5.97. The van der Waals surface area contributed by atoms with Crippen molar-refractivity contribution in [2.45, 2.75) is 12.6 Å². The van der Waals surface area contributed by atoms with Crippen molar-refractivity contribution in [3.63, 3.8) is 0 Å². The number of ether oxygens (including phenoxy) is 1. The third-order valence-electron chi connectivity index (χ3n) is 3.05. The molecule has 2 heterocycles. The Labute approximate surface area is 107 Å². The van der Waals surface area contributed by atoms with Crippen LogP contribution in [-0.2, 0) is 18.3 Å². The smallest absolute Gasteiger partial charge is 0.128 e. The molecule has 1 aromatic heterocycles. The van der Waals surface area contributed by atoms with E-state index in [4.69, 9.17) is 16.3 Å². The van der Waals surface area contributed by atoms with Crippen LogP contribution in [0.15, 0.2) is 6.20 Å². The highest BCUT2D eigenvalue weighted by molar-refractivity contribution is 6.29. The molecule has 96 valence electrons. The third kappa shape index (κ3) is 3.19. The number of hydrogen-bond acceptors (Lipinski definition) is 4. The molecule has 0 aromatic carbocycles. The van der Waals surface area contributed by atoms with Gasteiger partial charge in [-0.15, -0.1) is 0 Å². The Morgan fingerprint density at radius 1 is 1.65 bits per heavy atom. The minimum atomic E-state index is 0.268. The molecule has 0 saturated carbocycles. The lowest BCUT2D eigenvalue weighted by molar-refractivity contribution is -0.0301. The molecule has 0 aliphatic carbocycles. The first kappa shape index (κ1) is 12.8. The van der Waals surface area contributed by atoms with Gasteiger partial charge in [0, 0.05) is 26.7 Å². The van der Waals surface area contributed by atoms with Crippen LogP contribution in [0.3, 0.4) is 0 Å². The Balaban J connectivity index is 1.92. The summed E-state index contributed by atoms with van der Waals surface area (Å²) in [6.45, 7) is 4.38. The highest BCUT2D eigenvalue weighted by Crippen LogP contribution is 2.13. The number of halogens is 1. The summed E-state index contributed by atoms with van der Waals surface area (Å²) in [5.41, 5.74) is 0. The zero-order chi connectivity index (χ0) is 12.3. The quantitative estimate of drug-likeness (QED) is 0.854. The van der Waals surface area contributed by atoms with E-state index in [0.29, 0.717) is 5.15 Å². The molecule has 1 unspecified atom stereocenters. The molecular formula is C11H19ClN4O. The fourth-order valence-electron chi connectivity index (χ4n) is 2.05. The minimum Gasteiger partial charge on any atom is -0.374 e. The van der Waals surface area contributed by atoms with Crippen LogP contribution in [0.25, 0.3) is 0 Å². The van der Waals surface area contributed by atoms with Gasteiger partial charge in [-0.2, -0.15) is 0 Å². The highest BCUT2D eigenvalue weighted by Gasteiger charge is 2.21. The number of rotatable bonds is 4. The minimum absolute atomic E-state index is 0.268. The van der Waals surface area contributed by atoms with Crippen LogP contribution in [-0.4, -0.2) is 53.8 Å². The van der Waals surface area contributed by atoms with E-state index < -0.39 is 0 Å². The van der Waals surface area contributed by atoms with Crippen molar-refractivity contribution in [2.75, 3.05) is 33.3 Å². The largest absolute Gasteiger partial charge is 0.374 e. The van der Waals surface area contributed by atoms with E-state index in [2.05, 4.69) is 15.2 Å². The van der Waals surface area contributed by atoms with Crippen LogP contribution in [0.2, 0.25) is 5.15 Å². The molecule has 1 aliphatic heterocycles. The van der Waals surface area contributed by atoms with Crippen molar-refractivity contribution in [1.82, 2.24) is 19.8 Å². The van der Waals surface area contributed by atoms with Crippen molar-refractivity contribution >= 4 is 11.6 Å². The van der Waals surface area contributed by atoms with Crippen molar-refractivity contribution < 1.29 is 4.74 Å². The second kappa shape index (κ2) is 5.82. The molecule has 5 nitrogen and oxygen atoms in total. The van der Waals surface area contributed by atoms with Crippen LogP contribution in [0, 0.1) is 0 Å². The maximum Gasteiger partial charge on any atom is 0.128 e. The molecule has 1 aliphatic rings. The predicted octanol–water partition coefficient (Wildman–Crippen LogP) is 0.494. The van der Waals surface area contributed by atoms with Crippen LogP contribution in [0.5, 0.6) is 0 Å². The second-order valence-electron chi connectivity index (χ2n) is 4.34. The van der Waals surface area contributed by atoms with Gasteiger partial charge in [0.05, 0.1) is 25.5 Å². The topological polar surface area (TPSA) is 42.3 Å². The molecule has 2 rings (SSSR count). The summed E-state index contributed by atoms with van der Waals surface area (Å²) in [4.78, 5) is 6.66. The average Bonchev–Trinajstić information content (AvgIpc) is 2.62. The molecule has 0 spiro atoms. The van der Waals surface area contributed by atoms with E-state index in [1.54, 1.807) is 6.20 Å². The lowest BCUT2D eigenvalue weighted by Crippen LogP contribution is -2.45. The zero-order valence-corrected chi connectivity index (χ0v) is 11.1. The Bertz CT molecular complexity index is 366. The monoisotopic (exact) mass is 258 g/mol. The van der Waals surface area contributed by atoms with Gasteiger partial charge >= 0.3 is 0 Å². The summed E-state index contributed by atoms with van der Waals surface area (Å²) >= 11 is 5.97. The van der Waals surface area contributed by atoms with Gasteiger partial charge in [-0.3, -0.25) is 4.90 Å². The number of likely N-dealkylation sites (N-methyl/N-ethyl adjacent to an activating group) is 1. The molecular weight excluding hydrogens is 240 g/mol. The van der Waals surface area contributed by atoms with Gasteiger partial charge in [-0.1, -0.05) is 11.6 Å². The summed E-state index contributed by atoms with van der Waals surface area (Å²) in [6, 6.07) is 0. The number of nitrogens with zero attached hydrogens (tertiary/aromatic N) is 3. The van der Waals surface area contributed by atoms with Gasteiger partial charge in [-0.25, -0.2) is 4.98 Å². The van der Waals surface area contributed by atoms with Crippen LogP contribution < -0.4 is 5.32 Å². The zero-order valence-electron chi connectivity index (χ0n) is 10.3. The Morgan fingerprint density at radius 2 is 2.47 bits per heavy atom. The number of morpholine rings is 1. The first-order valence-electron chi connectivity index (χ1n) is 5.85. The Morgan fingerprint density at radius 3 is 3.12 bits per heavy atom. The molecule has 1 fully saturated rings. The summed E-state index contributed by atoms with van der Waals surface area (Å²) < 4.78 is 7.59. The Kier molecular flexibility index (Phi) is 4.39. The number of imidazole rings is 1. The van der Waals surface area contributed by atoms with Crippen LogP contribution in [0.1, 0.15) is 5.82 Å². The van der Waals surface area contributed by atoms with Crippen molar-refractivity contribution in [3.8, 4) is 0 Å². The Hall–Kier alpha value is -0.620. The molecule has 0 radical (unpaired) electrons. The van der Waals surface area contributed by atoms with E-state index in [0.717, 1.165) is 38.6 Å². The first-order chi connectivity index (χ1) is 8.20. The summed E-state index contributed by atoms with van der Waals surface area (Å²) in [5.74, 6) is 1.00. The standard InChI is InChI=1S/C11H19ClN4O/c1-13-5-9-7-16(3-4-17-9)8-11-14-6-10(12)15(11)2/h6,9,13H,3-5,7-8H2,1-2H3. The number of aromatic nitrogens is 2. The molecule has 1 N–H and O–H groups in total. The second-order valence-corrected chi connectivity index (χ2v) is 4.73. The summed E-state index contributed by atoms with van der Waals surface area (Å²) in [7, 11) is 3.89. The fraction of sp³-hybridized carbons (Fsp3) is 0.727. The fourth-order valence-corrected chi connectivity index (χ4v) is 2.19. The van der Waals surface area contributed by atoms with Crippen molar-refractivity contribution in [3.05, 3.63) is 17.2 Å². The highest BCUT2D eigenvalue weighted by atomic mass is 35.5. The van der Waals surface area contributed by atoms with Gasteiger partial charge in [0.25, 0.3) is 0 Å². The van der Waals surface area contributed by atoms with Crippen molar-refractivity contribution in [1.29, 1.82) is 0 Å². The lowest BCUT2D eigenvalue weighted by Gasteiger charge is -2.32. The van der Waals surface area contributed by atoms with E-state index in [9.17, 15) is 0 Å². The molecule has 0 bridgehead atoms. The molecule has 6 heteroatoms.